The van der Waals surface area contributed by atoms with Crippen molar-refractivity contribution in [1.29, 1.82) is 0 Å². The summed E-state index contributed by atoms with van der Waals surface area (Å²) in [6.07, 6.45) is -1.84. The number of halogens is 3. The Morgan fingerprint density at radius 3 is 2.52 bits per heavy atom. The van der Waals surface area contributed by atoms with Gasteiger partial charge in [-0.15, -0.1) is 0 Å². The molecule has 0 saturated carbocycles. The predicted molar refractivity (Wildman–Crippen MR) is 79.2 cm³/mol. The second-order valence-electron chi connectivity index (χ2n) is 5.79. The van der Waals surface area contributed by atoms with Gasteiger partial charge < -0.3 is 16.0 Å². The summed E-state index contributed by atoms with van der Waals surface area (Å²) < 4.78 is 37.7. The molecule has 0 aromatic heterocycles. The molecule has 1 fully saturated rings. The van der Waals surface area contributed by atoms with Crippen LogP contribution in [-0.4, -0.2) is 31.1 Å². The Morgan fingerprint density at radius 2 is 1.95 bits per heavy atom. The van der Waals surface area contributed by atoms with Crippen LogP contribution in [0.1, 0.15) is 25.3 Å². The minimum absolute atomic E-state index is 0.137. The van der Waals surface area contributed by atoms with Crippen molar-refractivity contribution in [2.24, 2.45) is 5.92 Å². The van der Waals surface area contributed by atoms with Crippen LogP contribution in [0.2, 0.25) is 0 Å². The number of rotatable bonds is 5. The third-order valence-electron chi connectivity index (χ3n) is 3.79. The highest BCUT2D eigenvalue weighted by Gasteiger charge is 2.30. The summed E-state index contributed by atoms with van der Waals surface area (Å²) in [5, 5.41) is 3.15. The molecule has 0 amide bonds. The highest BCUT2D eigenvalue weighted by atomic mass is 19.4. The molecule has 1 aromatic carbocycles. The topological polar surface area (TPSA) is 41.3 Å². The van der Waals surface area contributed by atoms with Crippen LogP contribution in [-0.2, 0) is 6.18 Å². The number of nitrogen functional groups attached to an aromatic ring is 1. The Kier molecular flexibility index (Phi) is 4.98. The van der Waals surface area contributed by atoms with E-state index in [9.17, 15) is 13.2 Å². The Balaban J connectivity index is 1.87. The van der Waals surface area contributed by atoms with Gasteiger partial charge in [-0.05, 0) is 50.0 Å². The van der Waals surface area contributed by atoms with Crippen LogP contribution in [0.3, 0.4) is 0 Å². The molecule has 21 heavy (non-hydrogen) atoms. The van der Waals surface area contributed by atoms with E-state index in [-0.39, 0.29) is 5.69 Å². The molecule has 1 heterocycles. The molecule has 0 bridgehead atoms. The Labute approximate surface area is 123 Å². The lowest BCUT2D eigenvalue weighted by atomic mass is 10.1. The average molecular weight is 301 g/mol. The molecule has 1 aliphatic rings. The van der Waals surface area contributed by atoms with Gasteiger partial charge in [-0.2, -0.15) is 13.2 Å². The predicted octanol–water partition coefficient (Wildman–Crippen LogP) is 3.43. The van der Waals surface area contributed by atoms with Gasteiger partial charge in [0.1, 0.15) is 0 Å². The zero-order valence-electron chi connectivity index (χ0n) is 12.2. The minimum atomic E-state index is -4.35. The zero-order valence-corrected chi connectivity index (χ0v) is 12.2. The van der Waals surface area contributed by atoms with Gasteiger partial charge >= 0.3 is 6.18 Å². The van der Waals surface area contributed by atoms with E-state index >= 15 is 0 Å². The summed E-state index contributed by atoms with van der Waals surface area (Å²) in [5.74, 6) is 0.421. The van der Waals surface area contributed by atoms with E-state index in [4.69, 9.17) is 5.73 Å². The van der Waals surface area contributed by atoms with Crippen LogP contribution in [0.25, 0.3) is 0 Å². The maximum atomic E-state index is 12.6. The van der Waals surface area contributed by atoms with Crippen molar-refractivity contribution in [2.75, 3.05) is 37.2 Å². The molecule has 118 valence electrons. The molecule has 2 rings (SSSR count). The molecule has 3 nitrogen and oxygen atoms in total. The highest BCUT2D eigenvalue weighted by molar-refractivity contribution is 5.67. The minimum Gasteiger partial charge on any atom is -0.397 e. The van der Waals surface area contributed by atoms with Crippen LogP contribution >= 0.6 is 0 Å². The molecule has 6 heteroatoms. The lowest BCUT2D eigenvalue weighted by Crippen LogP contribution is -2.29. The molecule has 3 N–H and O–H groups in total. The van der Waals surface area contributed by atoms with Crippen molar-refractivity contribution in [3.8, 4) is 0 Å². The summed E-state index contributed by atoms with van der Waals surface area (Å²) in [4.78, 5) is 2.42. The van der Waals surface area contributed by atoms with Crippen molar-refractivity contribution in [3.05, 3.63) is 23.8 Å². The monoisotopic (exact) mass is 301 g/mol. The van der Waals surface area contributed by atoms with E-state index in [1.165, 1.54) is 18.9 Å². The number of hydrogen-bond donors (Lipinski definition) is 2. The van der Waals surface area contributed by atoms with Gasteiger partial charge in [-0.1, -0.05) is 6.92 Å². The Bertz CT molecular complexity index is 468. The number of likely N-dealkylation sites (tertiary alicyclic amines) is 1. The zero-order chi connectivity index (χ0) is 15.5. The molecule has 0 radical (unpaired) electrons. The molecule has 1 aliphatic heterocycles. The van der Waals surface area contributed by atoms with E-state index in [1.54, 1.807) is 0 Å². The van der Waals surface area contributed by atoms with Crippen molar-refractivity contribution >= 4 is 11.4 Å². The Morgan fingerprint density at radius 1 is 1.29 bits per heavy atom. The lowest BCUT2D eigenvalue weighted by molar-refractivity contribution is -0.137. The number of alkyl halides is 3. The van der Waals surface area contributed by atoms with Crippen molar-refractivity contribution in [2.45, 2.75) is 25.9 Å². The molecular formula is C15H22F3N3. The smallest absolute Gasteiger partial charge is 0.397 e. The molecule has 1 unspecified atom stereocenters. The van der Waals surface area contributed by atoms with E-state index in [1.807, 2.05) is 0 Å². The summed E-state index contributed by atoms with van der Waals surface area (Å²) in [6.45, 7) is 6.13. The van der Waals surface area contributed by atoms with Crippen LogP contribution in [0, 0.1) is 5.92 Å². The third-order valence-corrected chi connectivity index (χ3v) is 3.79. The summed E-state index contributed by atoms with van der Waals surface area (Å²) >= 11 is 0. The van der Waals surface area contributed by atoms with Crippen molar-refractivity contribution in [3.63, 3.8) is 0 Å². The van der Waals surface area contributed by atoms with Gasteiger partial charge in [0, 0.05) is 13.1 Å². The Hall–Kier alpha value is -1.43. The maximum Gasteiger partial charge on any atom is 0.416 e. The van der Waals surface area contributed by atoms with Gasteiger partial charge in [-0.3, -0.25) is 0 Å². The van der Waals surface area contributed by atoms with E-state index in [0.717, 1.165) is 31.8 Å². The first kappa shape index (κ1) is 15.9. The fourth-order valence-electron chi connectivity index (χ4n) is 2.65. The largest absolute Gasteiger partial charge is 0.416 e. The van der Waals surface area contributed by atoms with Gasteiger partial charge in [0.05, 0.1) is 16.9 Å². The second-order valence-corrected chi connectivity index (χ2v) is 5.79. The summed E-state index contributed by atoms with van der Waals surface area (Å²) in [5.41, 5.74) is 5.69. The number of nitrogens with two attached hydrogens (primary N) is 1. The standard InChI is InChI=1S/C15H22F3N3/c1-11(10-21-6-2-3-7-21)9-20-14-5-4-12(8-13(14)19)15(16,17)18/h4-5,8,11,20H,2-3,6-7,9-10,19H2,1H3. The van der Waals surface area contributed by atoms with Gasteiger partial charge in [0.15, 0.2) is 0 Å². The first-order valence-electron chi connectivity index (χ1n) is 7.29. The fourth-order valence-corrected chi connectivity index (χ4v) is 2.65. The van der Waals surface area contributed by atoms with E-state index in [2.05, 4.69) is 17.1 Å². The quantitative estimate of drug-likeness (QED) is 0.819. The van der Waals surface area contributed by atoms with Crippen LogP contribution in [0.15, 0.2) is 18.2 Å². The second kappa shape index (κ2) is 6.56. The highest BCUT2D eigenvalue weighted by Crippen LogP contribution is 2.32. The molecule has 1 aromatic rings. The van der Waals surface area contributed by atoms with Gasteiger partial charge in [0.25, 0.3) is 0 Å². The van der Waals surface area contributed by atoms with Crippen LogP contribution in [0.4, 0.5) is 24.5 Å². The molecule has 1 saturated heterocycles. The number of anilines is 2. The molecular weight excluding hydrogens is 279 g/mol. The summed E-state index contributed by atoms with van der Waals surface area (Å²) in [6, 6.07) is 3.44. The van der Waals surface area contributed by atoms with Crippen LogP contribution in [0.5, 0.6) is 0 Å². The van der Waals surface area contributed by atoms with Gasteiger partial charge in [0.2, 0.25) is 0 Å². The fraction of sp³-hybridized carbons (Fsp3) is 0.600. The number of benzene rings is 1. The molecule has 0 spiro atoms. The first-order valence-corrected chi connectivity index (χ1v) is 7.29. The SMILES string of the molecule is CC(CNc1ccc(C(F)(F)F)cc1N)CN1CCCC1. The average Bonchev–Trinajstić information content (AvgIpc) is 2.89. The van der Waals surface area contributed by atoms with E-state index in [0.29, 0.717) is 18.2 Å². The van der Waals surface area contributed by atoms with Crippen molar-refractivity contribution < 1.29 is 13.2 Å². The number of nitrogens with one attached hydrogen (secondary N) is 1. The van der Waals surface area contributed by atoms with Crippen LogP contribution < -0.4 is 11.1 Å². The van der Waals surface area contributed by atoms with Crippen molar-refractivity contribution in [1.82, 2.24) is 4.90 Å². The lowest BCUT2D eigenvalue weighted by Gasteiger charge is -2.21. The van der Waals surface area contributed by atoms with E-state index < -0.39 is 11.7 Å². The molecule has 1 atom stereocenters. The maximum absolute atomic E-state index is 12.6. The normalized spacial score (nSPS) is 17.9. The molecule has 0 aliphatic carbocycles. The number of hydrogen-bond acceptors (Lipinski definition) is 3. The number of nitrogens with zero attached hydrogens (tertiary/aromatic N) is 1. The summed E-state index contributed by atoms with van der Waals surface area (Å²) in [7, 11) is 0. The van der Waals surface area contributed by atoms with Gasteiger partial charge in [-0.25, -0.2) is 0 Å². The third kappa shape index (κ3) is 4.52. The first-order chi connectivity index (χ1) is 9.86.